The SMILES string of the molecule is CCC1(CC)CCN(CCC2CS(=O)(=O)CCN2)CC1. The standard InChI is InChI=1S/C15H30N2O2S/c1-3-15(4-2)6-10-17(11-7-15)9-5-14-13-20(18,19)12-8-16-14/h14,16H,3-13H2,1-2H3. The molecule has 4 nitrogen and oxygen atoms in total. The molecule has 0 spiro atoms. The highest BCUT2D eigenvalue weighted by Gasteiger charge is 2.31. The number of likely N-dealkylation sites (tertiary alicyclic amines) is 1. The van der Waals surface area contributed by atoms with Crippen LogP contribution in [0.5, 0.6) is 0 Å². The van der Waals surface area contributed by atoms with Crippen LogP contribution in [0.25, 0.3) is 0 Å². The number of rotatable bonds is 5. The van der Waals surface area contributed by atoms with Gasteiger partial charge in [0, 0.05) is 12.6 Å². The number of piperidine rings is 1. The van der Waals surface area contributed by atoms with Gasteiger partial charge >= 0.3 is 0 Å². The van der Waals surface area contributed by atoms with Crippen molar-refractivity contribution in [3.8, 4) is 0 Å². The van der Waals surface area contributed by atoms with Crippen LogP contribution in [0.1, 0.15) is 46.0 Å². The van der Waals surface area contributed by atoms with Crippen LogP contribution in [0.2, 0.25) is 0 Å². The first kappa shape index (κ1) is 16.2. The molecule has 2 heterocycles. The van der Waals surface area contributed by atoms with E-state index in [9.17, 15) is 8.42 Å². The molecule has 0 radical (unpaired) electrons. The maximum Gasteiger partial charge on any atom is 0.153 e. The number of sulfone groups is 1. The Hall–Kier alpha value is -0.130. The lowest BCUT2D eigenvalue weighted by molar-refractivity contribution is 0.0930. The van der Waals surface area contributed by atoms with E-state index < -0.39 is 9.84 Å². The number of hydrogen-bond donors (Lipinski definition) is 1. The van der Waals surface area contributed by atoms with Crippen molar-refractivity contribution in [2.24, 2.45) is 5.41 Å². The molecule has 0 aliphatic carbocycles. The third-order valence-electron chi connectivity index (χ3n) is 5.51. The summed E-state index contributed by atoms with van der Waals surface area (Å²) in [6.45, 7) is 8.66. The molecule has 2 aliphatic rings. The van der Waals surface area contributed by atoms with Crippen molar-refractivity contribution in [1.82, 2.24) is 10.2 Å². The normalized spacial score (nSPS) is 30.2. The highest BCUT2D eigenvalue weighted by atomic mass is 32.2. The molecule has 5 heteroatoms. The van der Waals surface area contributed by atoms with Crippen molar-refractivity contribution < 1.29 is 8.42 Å². The molecule has 0 aromatic rings. The van der Waals surface area contributed by atoms with Crippen molar-refractivity contribution in [1.29, 1.82) is 0 Å². The van der Waals surface area contributed by atoms with Crippen molar-refractivity contribution in [2.45, 2.75) is 52.0 Å². The molecule has 0 saturated carbocycles. The van der Waals surface area contributed by atoms with Gasteiger partial charge in [0.1, 0.15) is 0 Å². The van der Waals surface area contributed by atoms with Gasteiger partial charge in [-0.3, -0.25) is 0 Å². The van der Waals surface area contributed by atoms with E-state index in [-0.39, 0.29) is 6.04 Å². The Kier molecular flexibility index (Phi) is 5.49. The van der Waals surface area contributed by atoms with Gasteiger partial charge in [0.15, 0.2) is 9.84 Å². The Labute approximate surface area is 124 Å². The third kappa shape index (κ3) is 4.18. The predicted molar refractivity (Wildman–Crippen MR) is 83.8 cm³/mol. The van der Waals surface area contributed by atoms with Gasteiger partial charge in [0.2, 0.25) is 0 Å². The predicted octanol–water partition coefficient (Wildman–Crippen LogP) is 1.67. The zero-order chi connectivity index (χ0) is 14.6. The Bertz CT molecular complexity index is 394. The summed E-state index contributed by atoms with van der Waals surface area (Å²) in [5.74, 6) is 0.636. The fraction of sp³-hybridized carbons (Fsp3) is 1.00. The second kappa shape index (κ2) is 6.75. The highest BCUT2D eigenvalue weighted by Crippen LogP contribution is 2.37. The molecule has 2 aliphatic heterocycles. The monoisotopic (exact) mass is 302 g/mol. The minimum absolute atomic E-state index is 0.165. The van der Waals surface area contributed by atoms with Gasteiger partial charge in [-0.2, -0.15) is 0 Å². The van der Waals surface area contributed by atoms with Gasteiger partial charge in [-0.15, -0.1) is 0 Å². The van der Waals surface area contributed by atoms with E-state index in [2.05, 4.69) is 24.1 Å². The van der Waals surface area contributed by atoms with Gasteiger partial charge in [-0.1, -0.05) is 26.7 Å². The molecular formula is C15H30N2O2S. The third-order valence-corrected chi connectivity index (χ3v) is 7.25. The van der Waals surface area contributed by atoms with Crippen LogP contribution in [-0.2, 0) is 9.84 Å². The molecule has 2 saturated heterocycles. The molecule has 20 heavy (non-hydrogen) atoms. The average molecular weight is 302 g/mol. The molecule has 2 fully saturated rings. The molecule has 0 aromatic heterocycles. The van der Waals surface area contributed by atoms with E-state index >= 15 is 0 Å². The van der Waals surface area contributed by atoms with E-state index in [1.807, 2.05) is 0 Å². The summed E-state index contributed by atoms with van der Waals surface area (Å²) in [6, 6.07) is 0.165. The average Bonchev–Trinajstić information content (AvgIpc) is 2.45. The van der Waals surface area contributed by atoms with Gasteiger partial charge in [-0.25, -0.2) is 8.42 Å². The number of hydrogen-bond acceptors (Lipinski definition) is 4. The lowest BCUT2D eigenvalue weighted by Crippen LogP contribution is -2.47. The second-order valence-corrected chi connectivity index (χ2v) is 8.83. The van der Waals surface area contributed by atoms with Crippen LogP contribution < -0.4 is 5.32 Å². The lowest BCUT2D eigenvalue weighted by Gasteiger charge is -2.41. The maximum absolute atomic E-state index is 11.6. The van der Waals surface area contributed by atoms with E-state index in [0.29, 0.717) is 23.5 Å². The molecule has 0 aromatic carbocycles. The van der Waals surface area contributed by atoms with Crippen LogP contribution in [-0.4, -0.2) is 57.0 Å². The Morgan fingerprint density at radius 3 is 2.40 bits per heavy atom. The van der Waals surface area contributed by atoms with E-state index in [4.69, 9.17) is 0 Å². The van der Waals surface area contributed by atoms with Gasteiger partial charge < -0.3 is 10.2 Å². The first-order valence-electron chi connectivity index (χ1n) is 8.15. The zero-order valence-electron chi connectivity index (χ0n) is 13.0. The fourth-order valence-electron chi connectivity index (χ4n) is 3.60. The first-order valence-corrected chi connectivity index (χ1v) is 9.97. The molecule has 2 rings (SSSR count). The topological polar surface area (TPSA) is 49.4 Å². The van der Waals surface area contributed by atoms with Crippen LogP contribution >= 0.6 is 0 Å². The summed E-state index contributed by atoms with van der Waals surface area (Å²) in [6.07, 6.45) is 6.15. The highest BCUT2D eigenvalue weighted by molar-refractivity contribution is 7.91. The Balaban J connectivity index is 1.74. The lowest BCUT2D eigenvalue weighted by atomic mass is 9.74. The summed E-state index contributed by atoms with van der Waals surface area (Å²) >= 11 is 0. The molecule has 0 bridgehead atoms. The maximum atomic E-state index is 11.6. The first-order chi connectivity index (χ1) is 9.49. The Morgan fingerprint density at radius 2 is 1.85 bits per heavy atom. The van der Waals surface area contributed by atoms with E-state index in [1.165, 1.54) is 38.8 Å². The smallest absolute Gasteiger partial charge is 0.153 e. The Morgan fingerprint density at radius 1 is 1.20 bits per heavy atom. The molecule has 0 amide bonds. The summed E-state index contributed by atoms with van der Waals surface area (Å²) < 4.78 is 23.2. The zero-order valence-corrected chi connectivity index (χ0v) is 13.8. The molecule has 1 unspecified atom stereocenters. The molecule has 1 atom stereocenters. The molecule has 118 valence electrons. The van der Waals surface area contributed by atoms with Gasteiger partial charge in [-0.05, 0) is 44.3 Å². The van der Waals surface area contributed by atoms with Crippen molar-refractivity contribution in [3.63, 3.8) is 0 Å². The summed E-state index contributed by atoms with van der Waals surface area (Å²) in [4.78, 5) is 2.52. The second-order valence-electron chi connectivity index (χ2n) is 6.60. The van der Waals surface area contributed by atoms with Crippen molar-refractivity contribution in [3.05, 3.63) is 0 Å². The summed E-state index contributed by atoms with van der Waals surface area (Å²) in [5.41, 5.74) is 0.572. The van der Waals surface area contributed by atoms with Crippen molar-refractivity contribution >= 4 is 9.84 Å². The van der Waals surface area contributed by atoms with Gasteiger partial charge in [0.05, 0.1) is 11.5 Å². The minimum Gasteiger partial charge on any atom is -0.312 e. The molecular weight excluding hydrogens is 272 g/mol. The minimum atomic E-state index is -2.79. The quantitative estimate of drug-likeness (QED) is 0.839. The largest absolute Gasteiger partial charge is 0.312 e. The van der Waals surface area contributed by atoms with Crippen LogP contribution in [0.15, 0.2) is 0 Å². The summed E-state index contributed by atoms with van der Waals surface area (Å²) in [7, 11) is -2.79. The van der Waals surface area contributed by atoms with E-state index in [0.717, 1.165) is 13.0 Å². The molecule has 1 N–H and O–H groups in total. The van der Waals surface area contributed by atoms with Crippen molar-refractivity contribution in [2.75, 3.05) is 37.7 Å². The van der Waals surface area contributed by atoms with Crippen LogP contribution in [0, 0.1) is 5.41 Å². The van der Waals surface area contributed by atoms with Crippen LogP contribution in [0.4, 0.5) is 0 Å². The summed E-state index contributed by atoms with van der Waals surface area (Å²) in [5, 5.41) is 3.35. The number of nitrogens with one attached hydrogen (secondary N) is 1. The number of nitrogens with zero attached hydrogens (tertiary/aromatic N) is 1. The van der Waals surface area contributed by atoms with E-state index in [1.54, 1.807) is 0 Å². The van der Waals surface area contributed by atoms with Crippen LogP contribution in [0.3, 0.4) is 0 Å². The van der Waals surface area contributed by atoms with Gasteiger partial charge in [0.25, 0.3) is 0 Å². The fourth-order valence-corrected chi connectivity index (χ4v) is 5.09.